The summed E-state index contributed by atoms with van der Waals surface area (Å²) in [5, 5.41) is 22.6. The zero-order chi connectivity index (χ0) is 20.7. The first-order chi connectivity index (χ1) is 13.9. The van der Waals surface area contributed by atoms with Crippen LogP contribution in [0.5, 0.6) is 5.75 Å². The molecule has 1 aliphatic rings. The standard InChI is InChI=1S/C21H17ClN4O3/c1-3-26-16-7-5-4-6-14(16)19(27)17(21(26)29)11(2)24-25-18-13-9-8-12(22)10-15(13)23-20(18)28/h4-10,27H,3H2,1-2H3,(H,23,25,28). The van der Waals surface area contributed by atoms with Crippen molar-refractivity contribution < 1.29 is 9.90 Å². The number of amides is 1. The normalized spacial score (nSPS) is 15.1. The fourth-order valence-electron chi connectivity index (χ4n) is 3.43. The minimum absolute atomic E-state index is 0.0598. The molecule has 0 saturated carbocycles. The van der Waals surface area contributed by atoms with E-state index in [1.54, 1.807) is 47.9 Å². The number of anilines is 1. The Morgan fingerprint density at radius 2 is 1.97 bits per heavy atom. The fraction of sp³-hybridized carbons (Fsp3) is 0.143. The molecule has 0 fully saturated rings. The van der Waals surface area contributed by atoms with Crippen molar-refractivity contribution in [2.24, 2.45) is 10.2 Å². The number of para-hydroxylation sites is 1. The number of halogens is 1. The highest BCUT2D eigenvalue weighted by molar-refractivity contribution is 6.54. The predicted octanol–water partition coefficient (Wildman–Crippen LogP) is 3.55. The van der Waals surface area contributed by atoms with Crippen LogP contribution in [0.15, 0.2) is 57.5 Å². The number of pyridine rings is 1. The number of hydrogen-bond donors (Lipinski definition) is 2. The largest absolute Gasteiger partial charge is 0.506 e. The van der Waals surface area contributed by atoms with Crippen LogP contribution >= 0.6 is 11.6 Å². The smallest absolute Gasteiger partial charge is 0.276 e. The Bertz CT molecular complexity index is 1290. The molecule has 1 aliphatic heterocycles. The molecule has 0 saturated heterocycles. The maximum absolute atomic E-state index is 13.0. The van der Waals surface area contributed by atoms with E-state index in [1.165, 1.54) is 0 Å². The van der Waals surface area contributed by atoms with Crippen molar-refractivity contribution in [3.8, 4) is 5.75 Å². The number of hydrogen-bond acceptors (Lipinski definition) is 5. The number of carbonyl (C=O) groups is 1. The van der Waals surface area contributed by atoms with E-state index in [2.05, 4.69) is 15.5 Å². The average Bonchev–Trinajstić information content (AvgIpc) is 3.01. The van der Waals surface area contributed by atoms with Gasteiger partial charge in [0.25, 0.3) is 11.5 Å². The average molecular weight is 409 g/mol. The van der Waals surface area contributed by atoms with Gasteiger partial charge >= 0.3 is 0 Å². The second-order valence-electron chi connectivity index (χ2n) is 6.57. The quantitative estimate of drug-likeness (QED) is 0.512. The number of benzene rings is 2. The van der Waals surface area contributed by atoms with Crippen molar-refractivity contribution in [3.63, 3.8) is 0 Å². The SMILES string of the molecule is CCn1c(=O)c(C(C)=NN=C2C(=O)Nc3cc(Cl)ccc32)c(O)c2ccccc21. The zero-order valence-electron chi connectivity index (χ0n) is 15.7. The summed E-state index contributed by atoms with van der Waals surface area (Å²) in [5.41, 5.74) is 1.79. The van der Waals surface area contributed by atoms with Gasteiger partial charge in [0, 0.05) is 22.5 Å². The lowest BCUT2D eigenvalue weighted by Gasteiger charge is -2.13. The summed E-state index contributed by atoms with van der Waals surface area (Å²) in [5.74, 6) is -0.563. The minimum Gasteiger partial charge on any atom is -0.506 e. The Balaban J connectivity index is 1.86. The number of aromatic nitrogens is 1. The minimum atomic E-state index is -0.410. The number of aromatic hydroxyl groups is 1. The third-order valence-electron chi connectivity index (χ3n) is 4.82. The lowest BCUT2D eigenvalue weighted by Crippen LogP contribution is -2.26. The van der Waals surface area contributed by atoms with Crippen LogP contribution < -0.4 is 10.9 Å². The molecule has 146 valence electrons. The van der Waals surface area contributed by atoms with Gasteiger partial charge in [-0.15, -0.1) is 5.10 Å². The molecule has 8 heteroatoms. The summed E-state index contributed by atoms with van der Waals surface area (Å²) in [6.07, 6.45) is 0. The van der Waals surface area contributed by atoms with Gasteiger partial charge in [0.05, 0.1) is 16.9 Å². The molecular formula is C21H17ClN4O3. The molecule has 29 heavy (non-hydrogen) atoms. The zero-order valence-corrected chi connectivity index (χ0v) is 16.5. The second-order valence-corrected chi connectivity index (χ2v) is 7.00. The number of rotatable bonds is 3. The molecular weight excluding hydrogens is 392 g/mol. The van der Waals surface area contributed by atoms with Gasteiger partial charge in [-0.1, -0.05) is 23.7 Å². The third kappa shape index (κ3) is 3.09. The first kappa shape index (κ1) is 18.9. The van der Waals surface area contributed by atoms with Crippen molar-refractivity contribution in [2.45, 2.75) is 20.4 Å². The molecule has 0 atom stereocenters. The van der Waals surface area contributed by atoms with Crippen molar-refractivity contribution in [3.05, 3.63) is 69.0 Å². The van der Waals surface area contributed by atoms with Crippen LogP contribution in [0.4, 0.5) is 5.69 Å². The fourth-order valence-corrected chi connectivity index (χ4v) is 3.61. The van der Waals surface area contributed by atoms with Gasteiger partial charge in [0.1, 0.15) is 11.3 Å². The molecule has 2 N–H and O–H groups in total. The van der Waals surface area contributed by atoms with E-state index in [1.807, 2.05) is 13.0 Å². The van der Waals surface area contributed by atoms with Gasteiger partial charge in [0.2, 0.25) is 0 Å². The van der Waals surface area contributed by atoms with Crippen LogP contribution in [-0.2, 0) is 11.3 Å². The van der Waals surface area contributed by atoms with E-state index in [-0.39, 0.29) is 28.3 Å². The first-order valence-electron chi connectivity index (χ1n) is 9.00. The molecule has 2 aromatic carbocycles. The van der Waals surface area contributed by atoms with E-state index >= 15 is 0 Å². The van der Waals surface area contributed by atoms with Crippen molar-refractivity contribution in [1.29, 1.82) is 0 Å². The summed E-state index contributed by atoms with van der Waals surface area (Å²) < 4.78 is 1.57. The Morgan fingerprint density at radius 3 is 2.72 bits per heavy atom. The maximum atomic E-state index is 13.0. The molecule has 4 rings (SSSR count). The topological polar surface area (TPSA) is 96.0 Å². The molecule has 0 radical (unpaired) electrons. The Hall–Kier alpha value is -3.45. The van der Waals surface area contributed by atoms with Crippen LogP contribution in [0.2, 0.25) is 5.02 Å². The molecule has 0 spiro atoms. The molecule has 1 amide bonds. The van der Waals surface area contributed by atoms with E-state index < -0.39 is 5.91 Å². The number of carbonyl (C=O) groups excluding carboxylic acids is 1. The molecule has 7 nitrogen and oxygen atoms in total. The Labute approximate surface area is 171 Å². The summed E-state index contributed by atoms with van der Waals surface area (Å²) in [7, 11) is 0. The van der Waals surface area contributed by atoms with Gasteiger partial charge in [-0.3, -0.25) is 9.59 Å². The van der Waals surface area contributed by atoms with Crippen molar-refractivity contribution in [2.75, 3.05) is 5.32 Å². The number of nitrogens with one attached hydrogen (secondary N) is 1. The van der Waals surface area contributed by atoms with Gasteiger partial charge in [-0.25, -0.2) is 0 Å². The monoisotopic (exact) mass is 408 g/mol. The van der Waals surface area contributed by atoms with Gasteiger partial charge in [0.15, 0.2) is 5.71 Å². The van der Waals surface area contributed by atoms with E-state index in [4.69, 9.17) is 11.6 Å². The number of nitrogens with zero attached hydrogens (tertiary/aromatic N) is 3. The summed E-state index contributed by atoms with van der Waals surface area (Å²) in [6.45, 7) is 3.86. The van der Waals surface area contributed by atoms with Gasteiger partial charge in [-0.2, -0.15) is 5.10 Å². The maximum Gasteiger partial charge on any atom is 0.276 e. The highest BCUT2D eigenvalue weighted by atomic mass is 35.5. The van der Waals surface area contributed by atoms with Crippen LogP contribution in [-0.4, -0.2) is 27.0 Å². The highest BCUT2D eigenvalue weighted by Crippen LogP contribution is 2.28. The molecule has 1 aromatic heterocycles. The van der Waals surface area contributed by atoms with Crippen molar-refractivity contribution >= 4 is 45.5 Å². The van der Waals surface area contributed by atoms with Crippen LogP contribution in [0.3, 0.4) is 0 Å². The lowest BCUT2D eigenvalue weighted by atomic mass is 10.1. The molecule has 0 bridgehead atoms. The first-order valence-corrected chi connectivity index (χ1v) is 9.38. The molecule has 0 unspecified atom stereocenters. The summed E-state index contributed by atoms with van der Waals surface area (Å²) in [4.78, 5) is 25.2. The molecule has 3 aromatic rings. The molecule has 2 heterocycles. The molecule has 0 aliphatic carbocycles. The van der Waals surface area contributed by atoms with E-state index in [9.17, 15) is 14.7 Å². The number of aryl methyl sites for hydroxylation is 1. The Kier molecular flexibility index (Phi) is 4.68. The number of fused-ring (bicyclic) bond motifs is 2. The van der Waals surface area contributed by atoms with Gasteiger partial charge < -0.3 is 15.0 Å². The summed E-state index contributed by atoms with van der Waals surface area (Å²) in [6, 6.07) is 12.1. The van der Waals surface area contributed by atoms with Crippen LogP contribution in [0, 0.1) is 0 Å². The third-order valence-corrected chi connectivity index (χ3v) is 5.06. The Morgan fingerprint density at radius 1 is 1.21 bits per heavy atom. The summed E-state index contributed by atoms with van der Waals surface area (Å²) >= 11 is 5.95. The van der Waals surface area contributed by atoms with E-state index in [0.29, 0.717) is 33.7 Å². The second kappa shape index (κ2) is 7.18. The van der Waals surface area contributed by atoms with Gasteiger partial charge in [-0.05, 0) is 44.2 Å². The lowest BCUT2D eigenvalue weighted by molar-refractivity contribution is -0.110. The highest BCUT2D eigenvalue weighted by Gasteiger charge is 2.26. The predicted molar refractivity (Wildman–Crippen MR) is 114 cm³/mol. The van der Waals surface area contributed by atoms with Crippen molar-refractivity contribution in [1.82, 2.24) is 4.57 Å². The van der Waals surface area contributed by atoms with Crippen LogP contribution in [0.25, 0.3) is 10.9 Å². The van der Waals surface area contributed by atoms with E-state index in [0.717, 1.165) is 0 Å². The van der Waals surface area contributed by atoms with Crippen LogP contribution in [0.1, 0.15) is 25.0 Å².